The highest BCUT2D eigenvalue weighted by atomic mass is 16.4. The van der Waals surface area contributed by atoms with Crippen molar-refractivity contribution in [2.24, 2.45) is 7.05 Å². The summed E-state index contributed by atoms with van der Waals surface area (Å²) in [4.78, 5) is 10.6. The lowest BCUT2D eigenvalue weighted by atomic mass is 10.0. The second-order valence-corrected chi connectivity index (χ2v) is 5.03. The monoisotopic (exact) mass is 265 g/mol. The Balaban J connectivity index is 2.15. The van der Waals surface area contributed by atoms with E-state index in [9.17, 15) is 9.90 Å². The van der Waals surface area contributed by atoms with Gasteiger partial charge < -0.3 is 9.90 Å². The minimum absolute atomic E-state index is 0.0583. The SMILES string of the molecule is C[n+]1c2ccccc2cc2ccc(CCC(=O)[O-])cc21. The minimum Gasteiger partial charge on any atom is -0.550 e. The number of carbonyl (C=O) groups excluding carboxylic acids is 1. The van der Waals surface area contributed by atoms with Gasteiger partial charge in [0.15, 0.2) is 0 Å². The summed E-state index contributed by atoms with van der Waals surface area (Å²) in [5, 5.41) is 12.9. The maximum atomic E-state index is 10.6. The van der Waals surface area contributed by atoms with Gasteiger partial charge in [-0.2, -0.15) is 4.57 Å². The number of aryl methyl sites for hydroxylation is 2. The zero-order chi connectivity index (χ0) is 14.1. The smallest absolute Gasteiger partial charge is 0.213 e. The molecule has 1 heterocycles. The second kappa shape index (κ2) is 4.93. The van der Waals surface area contributed by atoms with Gasteiger partial charge >= 0.3 is 0 Å². The van der Waals surface area contributed by atoms with Crippen LogP contribution in [0.1, 0.15) is 12.0 Å². The minimum atomic E-state index is -1.01. The van der Waals surface area contributed by atoms with E-state index in [0.717, 1.165) is 22.0 Å². The summed E-state index contributed by atoms with van der Waals surface area (Å²) < 4.78 is 2.15. The molecule has 0 atom stereocenters. The number of carboxylic acids is 1. The Morgan fingerprint density at radius 2 is 1.80 bits per heavy atom. The Bertz CT molecular complexity index is 809. The van der Waals surface area contributed by atoms with Gasteiger partial charge in [-0.15, -0.1) is 0 Å². The predicted octanol–water partition coefficient (Wildman–Crippen LogP) is 1.50. The van der Waals surface area contributed by atoms with Crippen LogP contribution >= 0.6 is 0 Å². The molecule has 0 N–H and O–H groups in total. The van der Waals surface area contributed by atoms with Crippen molar-refractivity contribution in [3.05, 3.63) is 54.1 Å². The molecular formula is C17H15NO2. The zero-order valence-corrected chi connectivity index (χ0v) is 11.3. The second-order valence-electron chi connectivity index (χ2n) is 5.03. The van der Waals surface area contributed by atoms with E-state index in [0.29, 0.717) is 6.42 Å². The van der Waals surface area contributed by atoms with E-state index in [1.807, 2.05) is 31.3 Å². The van der Waals surface area contributed by atoms with Crippen LogP contribution in [-0.2, 0) is 18.3 Å². The van der Waals surface area contributed by atoms with Gasteiger partial charge in [-0.05, 0) is 36.6 Å². The number of carbonyl (C=O) groups is 1. The fourth-order valence-corrected chi connectivity index (χ4v) is 2.62. The van der Waals surface area contributed by atoms with Crippen molar-refractivity contribution < 1.29 is 14.5 Å². The summed E-state index contributed by atoms with van der Waals surface area (Å²) in [6.07, 6.45) is 0.563. The van der Waals surface area contributed by atoms with E-state index in [-0.39, 0.29) is 6.42 Å². The van der Waals surface area contributed by atoms with Gasteiger partial charge in [0.05, 0.1) is 0 Å². The van der Waals surface area contributed by atoms with Crippen LogP contribution in [0.4, 0.5) is 0 Å². The maximum Gasteiger partial charge on any atom is 0.213 e. The van der Waals surface area contributed by atoms with Crippen molar-refractivity contribution in [3.63, 3.8) is 0 Å². The summed E-state index contributed by atoms with van der Waals surface area (Å²) in [5.74, 6) is -1.01. The number of nitrogens with zero attached hydrogens (tertiary/aromatic N) is 1. The molecule has 0 amide bonds. The van der Waals surface area contributed by atoms with E-state index in [4.69, 9.17) is 0 Å². The molecule has 0 aliphatic carbocycles. The number of carboxylic acid groups (broad SMARTS) is 1. The molecule has 0 spiro atoms. The van der Waals surface area contributed by atoms with Crippen LogP contribution in [0.15, 0.2) is 48.5 Å². The fourth-order valence-electron chi connectivity index (χ4n) is 2.62. The predicted molar refractivity (Wildman–Crippen MR) is 76.0 cm³/mol. The quantitative estimate of drug-likeness (QED) is 0.532. The molecule has 3 heteroatoms. The van der Waals surface area contributed by atoms with E-state index in [1.54, 1.807) is 0 Å². The molecule has 0 aliphatic rings. The summed E-state index contributed by atoms with van der Waals surface area (Å²) in [6, 6.07) is 16.5. The van der Waals surface area contributed by atoms with Crippen molar-refractivity contribution in [1.29, 1.82) is 0 Å². The largest absolute Gasteiger partial charge is 0.550 e. The first kappa shape index (κ1) is 12.6. The van der Waals surface area contributed by atoms with Gasteiger partial charge in [-0.25, -0.2) is 0 Å². The van der Waals surface area contributed by atoms with Crippen LogP contribution in [0.25, 0.3) is 21.8 Å². The third-order valence-corrected chi connectivity index (χ3v) is 3.68. The van der Waals surface area contributed by atoms with E-state index in [1.165, 1.54) is 5.39 Å². The fraction of sp³-hybridized carbons (Fsp3) is 0.176. The molecule has 0 radical (unpaired) electrons. The number of fused-ring (bicyclic) bond motifs is 2. The Morgan fingerprint density at radius 3 is 2.60 bits per heavy atom. The standard InChI is InChI=1S/C17H15NO2/c1-18-15-5-3-2-4-13(15)11-14-8-6-12(10-16(14)18)7-9-17(19)20/h2-6,8,10-11H,7,9H2,1H3. The third-order valence-electron chi connectivity index (χ3n) is 3.68. The Hall–Kier alpha value is -2.42. The number of hydrogen-bond acceptors (Lipinski definition) is 2. The molecule has 20 heavy (non-hydrogen) atoms. The van der Waals surface area contributed by atoms with E-state index < -0.39 is 5.97 Å². The van der Waals surface area contributed by atoms with Crippen LogP contribution in [-0.4, -0.2) is 5.97 Å². The molecule has 0 saturated heterocycles. The molecule has 3 nitrogen and oxygen atoms in total. The summed E-state index contributed by atoms with van der Waals surface area (Å²) in [6.45, 7) is 0. The van der Waals surface area contributed by atoms with Gasteiger partial charge in [0, 0.05) is 28.9 Å². The summed E-state index contributed by atoms with van der Waals surface area (Å²) in [5.41, 5.74) is 3.30. The number of para-hydroxylation sites is 1. The van der Waals surface area contributed by atoms with Gasteiger partial charge in [0.2, 0.25) is 11.0 Å². The van der Waals surface area contributed by atoms with Crippen molar-refractivity contribution in [3.8, 4) is 0 Å². The number of benzene rings is 2. The van der Waals surface area contributed by atoms with Crippen LogP contribution < -0.4 is 9.67 Å². The Kier molecular flexibility index (Phi) is 3.11. The molecule has 0 unspecified atom stereocenters. The lowest BCUT2D eigenvalue weighted by molar-refractivity contribution is -0.617. The third kappa shape index (κ3) is 2.23. The highest BCUT2D eigenvalue weighted by Gasteiger charge is 2.11. The Labute approximate surface area is 117 Å². The van der Waals surface area contributed by atoms with Gasteiger partial charge in [0.1, 0.15) is 7.05 Å². The highest BCUT2D eigenvalue weighted by Crippen LogP contribution is 2.19. The molecule has 100 valence electrons. The first-order valence-corrected chi connectivity index (χ1v) is 6.65. The average Bonchev–Trinajstić information content (AvgIpc) is 2.46. The average molecular weight is 265 g/mol. The molecular weight excluding hydrogens is 250 g/mol. The number of hydrogen-bond donors (Lipinski definition) is 0. The van der Waals surface area contributed by atoms with E-state index >= 15 is 0 Å². The number of pyridine rings is 1. The summed E-state index contributed by atoms with van der Waals surface area (Å²) >= 11 is 0. The first-order valence-electron chi connectivity index (χ1n) is 6.65. The molecule has 3 aromatic rings. The highest BCUT2D eigenvalue weighted by molar-refractivity contribution is 5.88. The van der Waals surface area contributed by atoms with Crippen LogP contribution in [0.5, 0.6) is 0 Å². The summed E-state index contributed by atoms with van der Waals surface area (Å²) in [7, 11) is 2.03. The first-order chi connectivity index (χ1) is 9.65. The Morgan fingerprint density at radius 1 is 1.05 bits per heavy atom. The zero-order valence-electron chi connectivity index (χ0n) is 11.3. The van der Waals surface area contributed by atoms with E-state index in [2.05, 4.69) is 28.8 Å². The van der Waals surface area contributed by atoms with Gasteiger partial charge in [-0.1, -0.05) is 18.2 Å². The van der Waals surface area contributed by atoms with Gasteiger partial charge in [0.25, 0.3) is 0 Å². The molecule has 1 aromatic heterocycles. The topological polar surface area (TPSA) is 44.0 Å². The lowest BCUT2D eigenvalue weighted by Gasteiger charge is -2.05. The van der Waals surface area contributed by atoms with Crippen molar-refractivity contribution in [1.82, 2.24) is 0 Å². The van der Waals surface area contributed by atoms with Crippen molar-refractivity contribution >= 4 is 27.8 Å². The molecule has 0 fully saturated rings. The molecule has 2 aromatic carbocycles. The normalized spacial score (nSPS) is 11.1. The number of aliphatic carboxylic acids is 1. The lowest BCUT2D eigenvalue weighted by Crippen LogP contribution is -2.30. The number of rotatable bonds is 3. The molecule has 0 saturated carbocycles. The molecule has 0 bridgehead atoms. The molecule has 3 rings (SSSR count). The molecule has 0 aliphatic heterocycles. The van der Waals surface area contributed by atoms with Crippen molar-refractivity contribution in [2.75, 3.05) is 0 Å². The van der Waals surface area contributed by atoms with Gasteiger partial charge in [-0.3, -0.25) is 0 Å². The maximum absolute atomic E-state index is 10.6. The van der Waals surface area contributed by atoms with Crippen LogP contribution in [0.3, 0.4) is 0 Å². The van der Waals surface area contributed by atoms with Crippen LogP contribution in [0, 0.1) is 0 Å². The number of aromatic nitrogens is 1. The van der Waals surface area contributed by atoms with Crippen LogP contribution in [0.2, 0.25) is 0 Å². The van der Waals surface area contributed by atoms with Crippen molar-refractivity contribution in [2.45, 2.75) is 12.8 Å².